The van der Waals surface area contributed by atoms with E-state index in [1.807, 2.05) is 0 Å². The Kier molecular flexibility index (Phi) is 8.68. The highest BCUT2D eigenvalue weighted by Gasteiger charge is 2.44. The van der Waals surface area contributed by atoms with Crippen LogP contribution in [-0.4, -0.2) is 18.5 Å². The summed E-state index contributed by atoms with van der Waals surface area (Å²) >= 11 is 1.74. The maximum absolute atomic E-state index is 10.7. The second kappa shape index (κ2) is 10.8. The summed E-state index contributed by atoms with van der Waals surface area (Å²) in [6.45, 7) is 0. The Bertz CT molecular complexity index is 1220. The number of hydrogen-bond acceptors (Lipinski definition) is 3. The van der Waals surface area contributed by atoms with Gasteiger partial charge in [-0.15, -0.1) is 0 Å². The van der Waals surface area contributed by atoms with Gasteiger partial charge in [-0.25, -0.2) is 0 Å². The molecule has 9 heteroatoms. The molecule has 0 saturated carbocycles. The van der Waals surface area contributed by atoms with Crippen molar-refractivity contribution in [2.75, 3.05) is 0 Å². The molecule has 0 bridgehead atoms. The van der Waals surface area contributed by atoms with Gasteiger partial charge >= 0.3 is 15.6 Å². The van der Waals surface area contributed by atoms with Crippen LogP contribution in [0.5, 0.6) is 0 Å². The van der Waals surface area contributed by atoms with Crippen LogP contribution in [0.1, 0.15) is 0 Å². The summed E-state index contributed by atoms with van der Waals surface area (Å²) < 4.78 is 57.5. The van der Waals surface area contributed by atoms with Gasteiger partial charge in [0.05, 0.1) is 0 Å². The van der Waals surface area contributed by atoms with E-state index < -0.39 is 15.6 Å². The maximum Gasteiger partial charge on any atom is 0.522 e. The van der Waals surface area contributed by atoms with E-state index in [9.17, 15) is 13.2 Å². The molecule has 0 saturated heterocycles. The van der Waals surface area contributed by atoms with E-state index in [2.05, 4.69) is 95.7 Å². The van der Waals surface area contributed by atoms with Crippen molar-refractivity contribution in [3.05, 3.63) is 95.7 Å². The Morgan fingerprint density at radius 2 is 1.16 bits per heavy atom. The molecular formula is C23H19F3O3S3. The lowest BCUT2D eigenvalue weighted by molar-refractivity contribution is -0.0510. The third kappa shape index (κ3) is 6.23. The van der Waals surface area contributed by atoms with Gasteiger partial charge in [0.2, 0.25) is 0 Å². The highest BCUT2D eigenvalue weighted by Crippen LogP contribution is 2.40. The summed E-state index contributed by atoms with van der Waals surface area (Å²) in [5.74, 6) is 0. The third-order valence-electron chi connectivity index (χ3n) is 4.34. The van der Waals surface area contributed by atoms with Gasteiger partial charge in [0.1, 0.15) is 0 Å². The summed E-state index contributed by atoms with van der Waals surface area (Å²) in [6.07, 6.45) is 0. The molecule has 3 aromatic carbocycles. The quantitative estimate of drug-likeness (QED) is 0.240. The molecule has 0 spiro atoms. The first-order chi connectivity index (χ1) is 14.7. The molecule has 168 valence electrons. The Balaban J connectivity index is 0.000000350. The van der Waals surface area contributed by atoms with E-state index in [1.54, 1.807) is 11.3 Å². The van der Waals surface area contributed by atoms with Crippen molar-refractivity contribution >= 4 is 35.0 Å². The Morgan fingerprint density at radius 3 is 1.59 bits per heavy atom. The fourth-order valence-electron chi connectivity index (χ4n) is 2.98. The molecule has 0 aliphatic carbocycles. The van der Waals surface area contributed by atoms with Crippen LogP contribution in [-0.2, 0) is 10.1 Å². The van der Waals surface area contributed by atoms with E-state index in [1.165, 1.54) is 33.4 Å². The summed E-state index contributed by atoms with van der Waals surface area (Å²) in [5.41, 5.74) is 2.13. The first kappa shape index (κ1) is 25.7. The molecule has 0 fully saturated rings. The van der Waals surface area contributed by atoms with Crippen LogP contribution >= 0.6 is 24.8 Å². The highest BCUT2D eigenvalue weighted by molar-refractivity contribution is 7.86. The van der Waals surface area contributed by atoms with Crippen molar-refractivity contribution in [2.45, 2.75) is 5.51 Å². The molecule has 0 unspecified atom stereocenters. The number of alkyl halides is 3. The molecule has 0 aliphatic rings. The van der Waals surface area contributed by atoms with Gasteiger partial charge in [0.25, 0.3) is 0 Å². The molecule has 1 aromatic heterocycles. The van der Waals surface area contributed by atoms with Crippen LogP contribution in [0, 0.1) is 0 Å². The first-order valence-corrected chi connectivity index (χ1v) is 11.4. The Morgan fingerprint density at radius 1 is 0.688 bits per heavy atom. The van der Waals surface area contributed by atoms with Gasteiger partial charge in [-0.3, -0.25) is 4.55 Å². The summed E-state index contributed by atoms with van der Waals surface area (Å²) in [5, 5.41) is 4.36. The molecule has 4 aromatic rings. The SMILES string of the molecule is O=S(=O)(O)C(F)(F)F.S.c1ccc(-c2cccc(-c3ccsc3)c2-c2ccccc2)cc1. The number of hydrogen-bond donors (Lipinski definition) is 1. The molecule has 3 nitrogen and oxygen atoms in total. The van der Waals surface area contributed by atoms with Crippen molar-refractivity contribution in [3.8, 4) is 33.4 Å². The van der Waals surface area contributed by atoms with Crippen molar-refractivity contribution in [1.29, 1.82) is 0 Å². The minimum atomic E-state index is -5.84. The van der Waals surface area contributed by atoms with Crippen LogP contribution in [0.2, 0.25) is 0 Å². The lowest BCUT2D eigenvalue weighted by Crippen LogP contribution is -2.21. The molecular weight excluding hydrogens is 477 g/mol. The fraction of sp³-hybridized carbons (Fsp3) is 0.0435. The summed E-state index contributed by atoms with van der Waals surface area (Å²) in [7, 11) is -5.84. The van der Waals surface area contributed by atoms with Gasteiger partial charge < -0.3 is 0 Å². The minimum Gasteiger partial charge on any atom is -0.279 e. The summed E-state index contributed by atoms with van der Waals surface area (Å²) in [4.78, 5) is 0. The van der Waals surface area contributed by atoms with Crippen LogP contribution in [0.25, 0.3) is 33.4 Å². The number of benzene rings is 3. The Hall–Kier alpha value is -2.59. The van der Waals surface area contributed by atoms with Crippen molar-refractivity contribution in [2.24, 2.45) is 0 Å². The second-order valence-electron chi connectivity index (χ2n) is 6.39. The highest BCUT2D eigenvalue weighted by atomic mass is 32.2. The number of thiophene rings is 1. The van der Waals surface area contributed by atoms with Crippen LogP contribution in [0.3, 0.4) is 0 Å². The normalized spacial score (nSPS) is 11.1. The molecule has 0 aliphatic heterocycles. The third-order valence-corrected chi connectivity index (χ3v) is 5.60. The average molecular weight is 497 g/mol. The van der Waals surface area contributed by atoms with Crippen LogP contribution in [0.4, 0.5) is 13.2 Å². The van der Waals surface area contributed by atoms with Gasteiger partial charge in [0, 0.05) is 0 Å². The van der Waals surface area contributed by atoms with Gasteiger partial charge in [0.15, 0.2) is 0 Å². The zero-order chi connectivity index (χ0) is 22.5. The van der Waals surface area contributed by atoms with E-state index in [0.717, 1.165) is 0 Å². The lowest BCUT2D eigenvalue weighted by Gasteiger charge is -2.15. The predicted octanol–water partition coefficient (Wildman–Crippen LogP) is 7.26. The van der Waals surface area contributed by atoms with E-state index in [4.69, 9.17) is 13.0 Å². The average Bonchev–Trinajstić information content (AvgIpc) is 3.28. The van der Waals surface area contributed by atoms with E-state index in [0.29, 0.717) is 0 Å². The van der Waals surface area contributed by atoms with Gasteiger partial charge in [-0.05, 0) is 50.2 Å². The van der Waals surface area contributed by atoms with Gasteiger partial charge in [-0.2, -0.15) is 46.4 Å². The van der Waals surface area contributed by atoms with Crippen molar-refractivity contribution in [3.63, 3.8) is 0 Å². The molecule has 0 atom stereocenters. The Labute approximate surface area is 195 Å². The van der Waals surface area contributed by atoms with Crippen molar-refractivity contribution in [1.82, 2.24) is 0 Å². The topological polar surface area (TPSA) is 54.4 Å². The number of halogens is 3. The second-order valence-corrected chi connectivity index (χ2v) is 8.59. The summed E-state index contributed by atoms with van der Waals surface area (Å²) in [6, 6.07) is 30.1. The molecule has 1 N–H and O–H groups in total. The first-order valence-electron chi connectivity index (χ1n) is 8.98. The van der Waals surface area contributed by atoms with E-state index in [-0.39, 0.29) is 13.5 Å². The molecule has 1 heterocycles. The predicted molar refractivity (Wildman–Crippen MR) is 129 cm³/mol. The minimum absolute atomic E-state index is 0. The van der Waals surface area contributed by atoms with E-state index >= 15 is 0 Å². The largest absolute Gasteiger partial charge is 0.522 e. The molecule has 0 radical (unpaired) electrons. The zero-order valence-electron chi connectivity index (χ0n) is 16.5. The molecule has 0 amide bonds. The fourth-order valence-corrected chi connectivity index (χ4v) is 3.64. The smallest absolute Gasteiger partial charge is 0.279 e. The maximum atomic E-state index is 10.7. The molecule has 32 heavy (non-hydrogen) atoms. The van der Waals surface area contributed by atoms with Crippen molar-refractivity contribution < 1.29 is 26.1 Å². The van der Waals surface area contributed by atoms with Crippen LogP contribution in [0.15, 0.2) is 95.7 Å². The number of rotatable bonds is 3. The standard InChI is InChI=1S/C22H16S.CHF3O3S.H2S/c1-3-8-17(9-4-1)20-12-7-13-21(19-14-15-23-16-19)22(20)18-10-5-2-6-11-18;2-1(3,4)8(5,6)7;/h1-16H;(H,5,6,7);1H2. The zero-order valence-corrected chi connectivity index (χ0v) is 19.1. The lowest BCUT2D eigenvalue weighted by atomic mass is 9.88. The monoisotopic (exact) mass is 496 g/mol. The van der Waals surface area contributed by atoms with Gasteiger partial charge in [-0.1, -0.05) is 78.9 Å². The molecule has 4 rings (SSSR count). The van der Waals surface area contributed by atoms with Crippen LogP contribution < -0.4 is 0 Å².